The van der Waals surface area contributed by atoms with Crippen molar-refractivity contribution in [1.29, 1.82) is 0 Å². The van der Waals surface area contributed by atoms with Crippen LogP contribution in [0.5, 0.6) is 0 Å². The topological polar surface area (TPSA) is 96.9 Å². The number of carbonyl (C=O) groups is 1. The third-order valence-electron chi connectivity index (χ3n) is 4.77. The molecule has 0 bridgehead atoms. The molecule has 4 aromatic rings. The largest absolute Gasteiger partial charge is 0.465 e. The highest BCUT2D eigenvalue weighted by atomic mass is 16.5. The maximum Gasteiger partial charge on any atom is 0.337 e. The fourth-order valence-electron chi connectivity index (χ4n) is 2.96. The second-order valence-electron chi connectivity index (χ2n) is 6.82. The van der Waals surface area contributed by atoms with Gasteiger partial charge in [0.1, 0.15) is 16.7 Å². The van der Waals surface area contributed by atoms with E-state index in [9.17, 15) is 4.79 Å². The van der Waals surface area contributed by atoms with Crippen LogP contribution in [0.25, 0.3) is 33.3 Å². The highest BCUT2D eigenvalue weighted by molar-refractivity contribution is 5.95. The number of H-pyrrole nitrogens is 1. The molecule has 0 fully saturated rings. The zero-order chi connectivity index (χ0) is 19.8. The van der Waals surface area contributed by atoms with E-state index < -0.39 is 5.97 Å². The normalized spacial score (nSPS) is 11.3. The highest BCUT2D eigenvalue weighted by Crippen LogP contribution is 2.31. The fraction of sp³-hybridized carbons (Fsp3) is 0.250. The van der Waals surface area contributed by atoms with Gasteiger partial charge in [0.2, 0.25) is 0 Å². The number of nitrogens with zero attached hydrogens (tertiary/aromatic N) is 5. The number of hydrogen-bond acceptors (Lipinski definition) is 7. The van der Waals surface area contributed by atoms with Crippen molar-refractivity contribution in [2.75, 3.05) is 19.1 Å². The third kappa shape index (κ3) is 3.02. The minimum atomic E-state index is -0.400. The molecule has 0 unspecified atom stereocenters. The SMILES string of the molecule is COC(=O)c1ccc2nc(-c3ccc4n[nH]nc4c3)c(N(C)C(C)C)nc2c1. The van der Waals surface area contributed by atoms with Gasteiger partial charge < -0.3 is 9.64 Å². The van der Waals surface area contributed by atoms with E-state index in [0.29, 0.717) is 16.6 Å². The van der Waals surface area contributed by atoms with E-state index in [4.69, 9.17) is 14.7 Å². The van der Waals surface area contributed by atoms with Gasteiger partial charge in [0.25, 0.3) is 0 Å². The summed E-state index contributed by atoms with van der Waals surface area (Å²) in [6, 6.07) is 11.2. The van der Waals surface area contributed by atoms with Crippen molar-refractivity contribution in [1.82, 2.24) is 25.4 Å². The molecule has 0 aliphatic heterocycles. The van der Waals surface area contributed by atoms with Gasteiger partial charge in [0, 0.05) is 18.7 Å². The Morgan fingerprint density at radius 3 is 2.50 bits per heavy atom. The molecular formula is C20H20N6O2. The summed E-state index contributed by atoms with van der Waals surface area (Å²) in [5.41, 5.74) is 4.98. The van der Waals surface area contributed by atoms with E-state index in [1.165, 1.54) is 7.11 Å². The number of hydrogen-bond donors (Lipinski definition) is 1. The summed E-state index contributed by atoms with van der Waals surface area (Å²) in [4.78, 5) is 23.6. The molecule has 1 N–H and O–H groups in total. The molecule has 0 spiro atoms. The molecule has 0 saturated heterocycles. The van der Waals surface area contributed by atoms with Crippen LogP contribution in [-0.4, -0.2) is 51.5 Å². The quantitative estimate of drug-likeness (QED) is 0.546. The van der Waals surface area contributed by atoms with Gasteiger partial charge in [-0.25, -0.2) is 14.8 Å². The van der Waals surface area contributed by atoms with E-state index >= 15 is 0 Å². The molecular weight excluding hydrogens is 356 g/mol. The first kappa shape index (κ1) is 17.8. The predicted molar refractivity (Wildman–Crippen MR) is 107 cm³/mol. The van der Waals surface area contributed by atoms with E-state index in [0.717, 1.165) is 28.1 Å². The van der Waals surface area contributed by atoms with Crippen molar-refractivity contribution in [2.24, 2.45) is 0 Å². The molecule has 8 heteroatoms. The number of ether oxygens (including phenoxy) is 1. The predicted octanol–water partition coefficient (Wildman–Crippen LogP) is 3.20. The van der Waals surface area contributed by atoms with Crippen LogP contribution in [0.3, 0.4) is 0 Å². The summed E-state index contributed by atoms with van der Waals surface area (Å²) in [5, 5.41) is 10.9. The Labute approximate surface area is 161 Å². The molecule has 0 aliphatic rings. The summed E-state index contributed by atoms with van der Waals surface area (Å²) in [6.45, 7) is 4.17. The molecule has 4 rings (SSSR count). The molecule has 142 valence electrons. The molecule has 28 heavy (non-hydrogen) atoms. The smallest absolute Gasteiger partial charge is 0.337 e. The maximum absolute atomic E-state index is 11.9. The highest BCUT2D eigenvalue weighted by Gasteiger charge is 2.18. The van der Waals surface area contributed by atoms with Gasteiger partial charge >= 0.3 is 5.97 Å². The summed E-state index contributed by atoms with van der Waals surface area (Å²) >= 11 is 0. The summed E-state index contributed by atoms with van der Waals surface area (Å²) < 4.78 is 4.81. The molecule has 0 amide bonds. The second-order valence-corrected chi connectivity index (χ2v) is 6.82. The van der Waals surface area contributed by atoms with Crippen LogP contribution in [0, 0.1) is 0 Å². The van der Waals surface area contributed by atoms with Crippen LogP contribution in [-0.2, 0) is 4.74 Å². The number of anilines is 1. The number of fused-ring (bicyclic) bond motifs is 2. The number of esters is 1. The number of benzene rings is 2. The molecule has 2 aromatic heterocycles. The molecule has 8 nitrogen and oxygen atoms in total. The van der Waals surface area contributed by atoms with Crippen molar-refractivity contribution in [2.45, 2.75) is 19.9 Å². The van der Waals surface area contributed by atoms with Gasteiger partial charge in [0.15, 0.2) is 5.82 Å². The molecule has 0 aliphatic carbocycles. The number of nitrogens with one attached hydrogen (secondary N) is 1. The van der Waals surface area contributed by atoms with Crippen LogP contribution in [0.2, 0.25) is 0 Å². The Bertz CT molecular complexity index is 1180. The minimum absolute atomic E-state index is 0.213. The Balaban J connectivity index is 1.94. The standard InChI is InChI=1S/C20H20N6O2/c1-11(2)26(3)19-18(12-5-8-15-17(9-12)24-25-23-15)21-14-7-6-13(20(27)28-4)10-16(14)22-19/h5-11H,1-4H3,(H,23,24,25). The van der Waals surface area contributed by atoms with Crippen LogP contribution in [0.15, 0.2) is 36.4 Å². The summed E-state index contributed by atoms with van der Waals surface area (Å²) in [7, 11) is 3.34. The molecule has 0 saturated carbocycles. The summed E-state index contributed by atoms with van der Waals surface area (Å²) in [6.07, 6.45) is 0. The zero-order valence-corrected chi connectivity index (χ0v) is 16.1. The minimum Gasteiger partial charge on any atom is -0.465 e. The number of aromatic amines is 1. The third-order valence-corrected chi connectivity index (χ3v) is 4.77. The molecule has 0 radical (unpaired) electrons. The first-order valence-corrected chi connectivity index (χ1v) is 8.92. The number of aromatic nitrogens is 5. The van der Waals surface area contributed by atoms with Gasteiger partial charge in [-0.3, -0.25) is 0 Å². The average molecular weight is 376 g/mol. The number of rotatable bonds is 4. The Morgan fingerprint density at radius 2 is 1.75 bits per heavy atom. The Kier molecular flexibility index (Phi) is 4.38. The lowest BCUT2D eigenvalue weighted by Crippen LogP contribution is -2.27. The van der Waals surface area contributed by atoms with E-state index in [-0.39, 0.29) is 6.04 Å². The van der Waals surface area contributed by atoms with Gasteiger partial charge in [-0.15, -0.1) is 0 Å². The first-order valence-electron chi connectivity index (χ1n) is 8.92. The average Bonchev–Trinajstić information content (AvgIpc) is 3.18. The lowest BCUT2D eigenvalue weighted by molar-refractivity contribution is 0.0601. The van der Waals surface area contributed by atoms with Crippen LogP contribution in [0.1, 0.15) is 24.2 Å². The van der Waals surface area contributed by atoms with Gasteiger partial charge in [0.05, 0.1) is 23.7 Å². The van der Waals surface area contributed by atoms with Crippen LogP contribution < -0.4 is 4.90 Å². The molecule has 2 aromatic carbocycles. The van der Waals surface area contributed by atoms with Gasteiger partial charge in [-0.2, -0.15) is 15.4 Å². The zero-order valence-electron chi connectivity index (χ0n) is 16.1. The van der Waals surface area contributed by atoms with Crippen LogP contribution in [0.4, 0.5) is 5.82 Å². The van der Waals surface area contributed by atoms with Crippen molar-refractivity contribution in [3.05, 3.63) is 42.0 Å². The van der Waals surface area contributed by atoms with E-state index in [1.54, 1.807) is 18.2 Å². The first-order chi connectivity index (χ1) is 13.5. The van der Waals surface area contributed by atoms with Crippen molar-refractivity contribution in [3.8, 4) is 11.3 Å². The van der Waals surface area contributed by atoms with E-state index in [1.807, 2.05) is 25.2 Å². The summed E-state index contributed by atoms with van der Waals surface area (Å²) in [5.74, 6) is 0.329. The molecule has 0 atom stereocenters. The molecule has 2 heterocycles. The van der Waals surface area contributed by atoms with Crippen LogP contribution >= 0.6 is 0 Å². The Hall–Kier alpha value is -3.55. The second kappa shape index (κ2) is 6.88. The lowest BCUT2D eigenvalue weighted by Gasteiger charge is -2.25. The Morgan fingerprint density at radius 1 is 1.00 bits per heavy atom. The maximum atomic E-state index is 11.9. The number of methoxy groups -OCH3 is 1. The van der Waals surface area contributed by atoms with Crippen molar-refractivity contribution < 1.29 is 9.53 Å². The van der Waals surface area contributed by atoms with Crippen molar-refractivity contribution in [3.63, 3.8) is 0 Å². The monoisotopic (exact) mass is 376 g/mol. The lowest BCUT2D eigenvalue weighted by atomic mass is 10.1. The fourth-order valence-corrected chi connectivity index (χ4v) is 2.96. The number of carbonyl (C=O) groups excluding carboxylic acids is 1. The van der Waals surface area contributed by atoms with Crippen molar-refractivity contribution >= 4 is 33.9 Å². The van der Waals surface area contributed by atoms with Gasteiger partial charge in [-0.05, 0) is 44.2 Å². The van der Waals surface area contributed by atoms with Gasteiger partial charge in [-0.1, -0.05) is 6.07 Å². The van der Waals surface area contributed by atoms with E-state index in [2.05, 4.69) is 34.2 Å².